The first kappa shape index (κ1) is 11.6. The number of nitrogens with zero attached hydrogens (tertiary/aromatic N) is 3. The van der Waals surface area contributed by atoms with Crippen molar-refractivity contribution in [3.63, 3.8) is 0 Å². The maximum atomic E-state index is 5.83. The predicted octanol–water partition coefficient (Wildman–Crippen LogP) is 3.39. The lowest BCUT2D eigenvalue weighted by Crippen LogP contribution is -2.03. The Kier molecular flexibility index (Phi) is 3.30. The van der Waals surface area contributed by atoms with E-state index in [2.05, 4.69) is 52.1 Å². The monoisotopic (exact) mass is 299 g/mol. The minimum absolute atomic E-state index is 0.356. The first-order chi connectivity index (χ1) is 7.63. The highest BCUT2D eigenvalue weighted by molar-refractivity contribution is 9.10. The van der Waals surface area contributed by atoms with Gasteiger partial charge in [-0.1, -0.05) is 15.9 Å². The van der Waals surface area contributed by atoms with Crippen LogP contribution in [0.15, 0.2) is 22.9 Å². The number of alkyl halides is 1. The Bertz CT molecular complexity index is 499. The third kappa shape index (κ3) is 1.99. The molecule has 1 heterocycles. The van der Waals surface area contributed by atoms with Gasteiger partial charge in [-0.2, -0.15) is 0 Å². The van der Waals surface area contributed by atoms with Gasteiger partial charge in [0.2, 0.25) is 0 Å². The van der Waals surface area contributed by atoms with E-state index in [1.807, 2.05) is 4.57 Å². The van der Waals surface area contributed by atoms with Gasteiger partial charge in [-0.05, 0) is 37.1 Å². The number of aromatic nitrogens is 3. The lowest BCUT2D eigenvalue weighted by atomic mass is 10.1. The molecule has 0 unspecified atom stereocenters. The highest BCUT2D eigenvalue weighted by atomic mass is 79.9. The molecule has 0 aliphatic carbocycles. The second kappa shape index (κ2) is 4.55. The summed E-state index contributed by atoms with van der Waals surface area (Å²) in [5, 5.41) is 7.88. The van der Waals surface area contributed by atoms with E-state index < -0.39 is 0 Å². The molecule has 0 aliphatic rings. The van der Waals surface area contributed by atoms with Crippen molar-refractivity contribution < 1.29 is 0 Å². The van der Waals surface area contributed by atoms with Gasteiger partial charge in [0.25, 0.3) is 0 Å². The number of rotatable bonds is 2. The second-order valence-corrected chi connectivity index (χ2v) is 4.82. The Balaban J connectivity index is 2.64. The highest BCUT2D eigenvalue weighted by Gasteiger charge is 2.10. The summed E-state index contributed by atoms with van der Waals surface area (Å²) in [5.74, 6) is 1.12. The molecule has 0 saturated carbocycles. The van der Waals surface area contributed by atoms with Gasteiger partial charge in [0.15, 0.2) is 5.82 Å². The SMILES string of the molecule is Cc1cc(Br)cc(C)c1-n1cnnc1CCl. The number of benzene rings is 1. The summed E-state index contributed by atoms with van der Waals surface area (Å²) in [5.41, 5.74) is 3.43. The molecular formula is C11H11BrClN3. The molecule has 2 aromatic rings. The Morgan fingerprint density at radius 1 is 1.31 bits per heavy atom. The maximum Gasteiger partial charge on any atom is 0.152 e. The normalized spacial score (nSPS) is 10.8. The lowest BCUT2D eigenvalue weighted by molar-refractivity contribution is 0.934. The van der Waals surface area contributed by atoms with E-state index in [1.54, 1.807) is 6.33 Å². The van der Waals surface area contributed by atoms with Crippen LogP contribution in [0.1, 0.15) is 17.0 Å². The summed E-state index contributed by atoms with van der Waals surface area (Å²) in [7, 11) is 0. The molecule has 0 bridgehead atoms. The van der Waals surface area contributed by atoms with Crippen LogP contribution in [0.25, 0.3) is 5.69 Å². The molecule has 0 fully saturated rings. The van der Waals surface area contributed by atoms with Crippen molar-refractivity contribution in [2.24, 2.45) is 0 Å². The van der Waals surface area contributed by atoms with Crippen molar-refractivity contribution in [2.45, 2.75) is 19.7 Å². The molecule has 0 radical (unpaired) electrons. The van der Waals surface area contributed by atoms with E-state index in [9.17, 15) is 0 Å². The third-order valence-corrected chi connectivity index (χ3v) is 3.13. The van der Waals surface area contributed by atoms with Crippen LogP contribution >= 0.6 is 27.5 Å². The molecule has 0 saturated heterocycles. The molecule has 84 valence electrons. The second-order valence-electron chi connectivity index (χ2n) is 3.64. The average molecular weight is 301 g/mol. The summed E-state index contributed by atoms with van der Waals surface area (Å²) in [6.45, 7) is 4.12. The molecule has 0 atom stereocenters. The molecule has 5 heteroatoms. The van der Waals surface area contributed by atoms with Gasteiger partial charge < -0.3 is 0 Å². The van der Waals surface area contributed by atoms with E-state index in [0.717, 1.165) is 27.1 Å². The van der Waals surface area contributed by atoms with E-state index in [1.165, 1.54) is 0 Å². The molecule has 0 amide bonds. The fourth-order valence-electron chi connectivity index (χ4n) is 1.82. The first-order valence-electron chi connectivity index (χ1n) is 4.85. The minimum Gasteiger partial charge on any atom is -0.284 e. The summed E-state index contributed by atoms with van der Waals surface area (Å²) in [4.78, 5) is 0. The zero-order valence-electron chi connectivity index (χ0n) is 9.04. The number of aryl methyl sites for hydroxylation is 2. The Morgan fingerprint density at radius 2 is 1.94 bits per heavy atom. The van der Waals surface area contributed by atoms with Gasteiger partial charge >= 0.3 is 0 Å². The van der Waals surface area contributed by atoms with E-state index in [4.69, 9.17) is 11.6 Å². The maximum absolute atomic E-state index is 5.83. The minimum atomic E-state index is 0.356. The van der Waals surface area contributed by atoms with Gasteiger partial charge in [-0.3, -0.25) is 4.57 Å². The van der Waals surface area contributed by atoms with Gasteiger partial charge in [-0.25, -0.2) is 0 Å². The Morgan fingerprint density at radius 3 is 2.50 bits per heavy atom. The first-order valence-corrected chi connectivity index (χ1v) is 6.18. The van der Waals surface area contributed by atoms with Crippen LogP contribution in [0.5, 0.6) is 0 Å². The molecule has 0 aliphatic heterocycles. The zero-order chi connectivity index (χ0) is 11.7. The van der Waals surface area contributed by atoms with Crippen LogP contribution in [0.3, 0.4) is 0 Å². The Hall–Kier alpha value is -0.870. The molecular weight excluding hydrogens is 289 g/mol. The fraction of sp³-hybridized carbons (Fsp3) is 0.273. The Labute approximate surface area is 108 Å². The zero-order valence-corrected chi connectivity index (χ0v) is 11.4. The van der Waals surface area contributed by atoms with Crippen molar-refractivity contribution in [2.75, 3.05) is 0 Å². The van der Waals surface area contributed by atoms with Crippen molar-refractivity contribution >= 4 is 27.5 Å². The van der Waals surface area contributed by atoms with Crippen molar-refractivity contribution in [1.29, 1.82) is 0 Å². The number of hydrogen-bond acceptors (Lipinski definition) is 2. The molecule has 3 nitrogen and oxygen atoms in total. The molecule has 0 spiro atoms. The predicted molar refractivity (Wildman–Crippen MR) is 68.1 cm³/mol. The third-order valence-electron chi connectivity index (χ3n) is 2.43. The largest absolute Gasteiger partial charge is 0.284 e. The quantitative estimate of drug-likeness (QED) is 0.796. The smallest absolute Gasteiger partial charge is 0.152 e. The van der Waals surface area contributed by atoms with Gasteiger partial charge in [0.05, 0.1) is 11.6 Å². The summed E-state index contributed by atoms with van der Waals surface area (Å²) in [6.07, 6.45) is 1.70. The van der Waals surface area contributed by atoms with Crippen molar-refractivity contribution in [1.82, 2.24) is 14.8 Å². The molecule has 2 rings (SSSR count). The van der Waals surface area contributed by atoms with Crippen LogP contribution in [0.2, 0.25) is 0 Å². The fourth-order valence-corrected chi connectivity index (χ4v) is 2.69. The summed E-state index contributed by atoms with van der Waals surface area (Å²) in [6, 6.07) is 4.14. The van der Waals surface area contributed by atoms with Crippen molar-refractivity contribution in [3.05, 3.63) is 39.9 Å². The number of hydrogen-bond donors (Lipinski definition) is 0. The topological polar surface area (TPSA) is 30.7 Å². The van der Waals surface area contributed by atoms with Gasteiger partial charge in [0.1, 0.15) is 6.33 Å². The molecule has 0 N–H and O–H groups in total. The standard InChI is InChI=1S/C11H11BrClN3/c1-7-3-9(12)4-8(2)11(7)16-6-14-15-10(16)5-13/h3-4,6H,5H2,1-2H3. The van der Waals surface area contributed by atoms with Crippen molar-refractivity contribution in [3.8, 4) is 5.69 Å². The van der Waals surface area contributed by atoms with Crippen LogP contribution in [0, 0.1) is 13.8 Å². The van der Waals surface area contributed by atoms with Gasteiger partial charge in [-0.15, -0.1) is 21.8 Å². The molecule has 1 aromatic heterocycles. The average Bonchev–Trinajstić information content (AvgIpc) is 2.64. The van der Waals surface area contributed by atoms with E-state index in [-0.39, 0.29) is 0 Å². The molecule has 1 aromatic carbocycles. The molecule has 16 heavy (non-hydrogen) atoms. The van der Waals surface area contributed by atoms with Crippen LogP contribution in [-0.2, 0) is 5.88 Å². The highest BCUT2D eigenvalue weighted by Crippen LogP contribution is 2.24. The van der Waals surface area contributed by atoms with E-state index >= 15 is 0 Å². The number of halogens is 2. The van der Waals surface area contributed by atoms with Crippen LogP contribution in [0.4, 0.5) is 0 Å². The van der Waals surface area contributed by atoms with Crippen LogP contribution < -0.4 is 0 Å². The summed E-state index contributed by atoms with van der Waals surface area (Å²) >= 11 is 9.31. The van der Waals surface area contributed by atoms with Crippen LogP contribution in [-0.4, -0.2) is 14.8 Å². The lowest BCUT2D eigenvalue weighted by Gasteiger charge is -2.12. The summed E-state index contributed by atoms with van der Waals surface area (Å²) < 4.78 is 3.01. The van der Waals surface area contributed by atoms with E-state index in [0.29, 0.717) is 5.88 Å². The van der Waals surface area contributed by atoms with Gasteiger partial charge in [0, 0.05) is 4.47 Å².